The standard InChI is InChI=1S/C12H15NO4/c1-16-11(14)8-5-9(12(15)17-2)10(13-6-8)7-3-4-7/h6-7,13H,3-5H2,1-2H3. The third-order valence-electron chi connectivity index (χ3n) is 2.96. The van der Waals surface area contributed by atoms with Crippen molar-refractivity contribution in [2.75, 3.05) is 14.2 Å². The van der Waals surface area contributed by atoms with Gasteiger partial charge in [0.1, 0.15) is 0 Å². The summed E-state index contributed by atoms with van der Waals surface area (Å²) in [7, 11) is 2.66. The fourth-order valence-corrected chi connectivity index (χ4v) is 1.89. The molecule has 2 aliphatic rings. The first-order valence-corrected chi connectivity index (χ1v) is 5.52. The van der Waals surface area contributed by atoms with Gasteiger partial charge in [-0.25, -0.2) is 9.59 Å². The normalized spacial score (nSPS) is 19.3. The van der Waals surface area contributed by atoms with E-state index in [1.54, 1.807) is 6.20 Å². The fraction of sp³-hybridized carbons (Fsp3) is 0.500. The summed E-state index contributed by atoms with van der Waals surface area (Å²) in [5.41, 5.74) is 1.87. The Hall–Kier alpha value is -1.78. The molecule has 17 heavy (non-hydrogen) atoms. The van der Waals surface area contributed by atoms with Crippen LogP contribution in [0.4, 0.5) is 0 Å². The highest BCUT2D eigenvalue weighted by Crippen LogP contribution is 2.39. The molecule has 0 unspecified atom stereocenters. The number of allylic oxidation sites excluding steroid dienone is 1. The minimum absolute atomic E-state index is 0.276. The molecule has 0 spiro atoms. The molecule has 1 aliphatic heterocycles. The molecule has 92 valence electrons. The van der Waals surface area contributed by atoms with Crippen LogP contribution in [0.15, 0.2) is 23.0 Å². The van der Waals surface area contributed by atoms with E-state index in [0.29, 0.717) is 17.1 Å². The number of methoxy groups -OCH3 is 2. The summed E-state index contributed by atoms with van der Waals surface area (Å²) in [5.74, 6) is -0.401. The largest absolute Gasteiger partial charge is 0.466 e. The number of dihydropyridines is 1. The van der Waals surface area contributed by atoms with E-state index >= 15 is 0 Å². The van der Waals surface area contributed by atoms with E-state index in [9.17, 15) is 9.59 Å². The zero-order valence-corrected chi connectivity index (χ0v) is 9.91. The lowest BCUT2D eigenvalue weighted by Crippen LogP contribution is -2.24. The highest BCUT2D eigenvalue weighted by atomic mass is 16.5. The molecule has 0 aromatic rings. The summed E-state index contributed by atoms with van der Waals surface area (Å²) in [6, 6.07) is 0. The SMILES string of the molecule is COC(=O)C1=CNC(C2CC2)=C(C(=O)OC)C1. The molecule has 1 heterocycles. The summed E-state index contributed by atoms with van der Waals surface area (Å²) in [6.45, 7) is 0. The molecule has 0 amide bonds. The average Bonchev–Trinajstić information content (AvgIpc) is 3.20. The minimum Gasteiger partial charge on any atom is -0.466 e. The first-order chi connectivity index (χ1) is 8.17. The van der Waals surface area contributed by atoms with E-state index < -0.39 is 5.97 Å². The lowest BCUT2D eigenvalue weighted by atomic mass is 9.99. The molecule has 0 aromatic heterocycles. The molecule has 1 aliphatic carbocycles. The zero-order valence-electron chi connectivity index (χ0n) is 9.91. The average molecular weight is 237 g/mol. The summed E-state index contributed by atoms with van der Waals surface area (Å²) >= 11 is 0. The van der Waals surface area contributed by atoms with E-state index in [1.165, 1.54) is 14.2 Å². The summed E-state index contributed by atoms with van der Waals surface area (Å²) in [4.78, 5) is 23.1. The van der Waals surface area contributed by atoms with Crippen molar-refractivity contribution in [1.29, 1.82) is 0 Å². The van der Waals surface area contributed by atoms with Crippen LogP contribution >= 0.6 is 0 Å². The van der Waals surface area contributed by atoms with Crippen LogP contribution in [0.3, 0.4) is 0 Å². The van der Waals surface area contributed by atoms with Crippen LogP contribution in [0.1, 0.15) is 19.3 Å². The number of carbonyl (C=O) groups is 2. The fourth-order valence-electron chi connectivity index (χ4n) is 1.89. The van der Waals surface area contributed by atoms with Gasteiger partial charge >= 0.3 is 11.9 Å². The molecule has 0 radical (unpaired) electrons. The molecule has 5 heteroatoms. The monoisotopic (exact) mass is 237 g/mol. The second-order valence-electron chi connectivity index (χ2n) is 4.14. The first-order valence-electron chi connectivity index (χ1n) is 5.52. The summed E-state index contributed by atoms with van der Waals surface area (Å²) in [6.07, 6.45) is 4.04. The van der Waals surface area contributed by atoms with Gasteiger partial charge in [0.05, 0.1) is 25.4 Å². The van der Waals surface area contributed by atoms with E-state index in [2.05, 4.69) is 10.1 Å². The predicted octanol–water partition coefficient (Wildman–Crippen LogP) is 0.874. The van der Waals surface area contributed by atoms with Crippen molar-refractivity contribution in [3.05, 3.63) is 23.0 Å². The van der Waals surface area contributed by atoms with Gasteiger partial charge < -0.3 is 14.8 Å². The Kier molecular flexibility index (Phi) is 3.17. The number of hydrogen-bond donors (Lipinski definition) is 1. The van der Waals surface area contributed by atoms with Gasteiger partial charge in [-0.05, 0) is 18.8 Å². The van der Waals surface area contributed by atoms with E-state index in [4.69, 9.17) is 4.74 Å². The van der Waals surface area contributed by atoms with Gasteiger partial charge in [-0.2, -0.15) is 0 Å². The summed E-state index contributed by atoms with van der Waals surface area (Å²) < 4.78 is 9.38. The molecule has 0 aromatic carbocycles. The number of esters is 2. The molecule has 0 atom stereocenters. The van der Waals surface area contributed by atoms with Gasteiger partial charge in [-0.15, -0.1) is 0 Å². The highest BCUT2D eigenvalue weighted by Gasteiger charge is 2.34. The highest BCUT2D eigenvalue weighted by molar-refractivity contribution is 5.96. The third-order valence-corrected chi connectivity index (χ3v) is 2.96. The first kappa shape index (κ1) is 11.7. The van der Waals surface area contributed by atoms with Crippen molar-refractivity contribution < 1.29 is 19.1 Å². The van der Waals surface area contributed by atoms with E-state index in [-0.39, 0.29) is 12.4 Å². The topological polar surface area (TPSA) is 64.6 Å². The van der Waals surface area contributed by atoms with Crippen molar-refractivity contribution >= 4 is 11.9 Å². The maximum absolute atomic E-state index is 11.7. The summed E-state index contributed by atoms with van der Waals surface area (Å²) in [5, 5.41) is 3.03. The Morgan fingerprint density at radius 2 is 1.88 bits per heavy atom. The Labute approximate surface area is 99.5 Å². The van der Waals surface area contributed by atoms with Crippen LogP contribution < -0.4 is 5.32 Å². The van der Waals surface area contributed by atoms with Gasteiger partial charge in [0, 0.05) is 18.3 Å². The van der Waals surface area contributed by atoms with Crippen molar-refractivity contribution in [2.24, 2.45) is 5.92 Å². The van der Waals surface area contributed by atoms with Crippen molar-refractivity contribution in [3.63, 3.8) is 0 Å². The van der Waals surface area contributed by atoms with Crippen LogP contribution in [0, 0.1) is 5.92 Å². The smallest absolute Gasteiger partial charge is 0.335 e. The Balaban J connectivity index is 2.21. The molecule has 1 saturated carbocycles. The Bertz CT molecular complexity index is 418. The molecule has 0 saturated heterocycles. The lowest BCUT2D eigenvalue weighted by molar-refractivity contribution is -0.136. The van der Waals surface area contributed by atoms with Crippen LogP contribution in [0.5, 0.6) is 0 Å². The van der Waals surface area contributed by atoms with Gasteiger partial charge in [-0.3, -0.25) is 0 Å². The number of rotatable bonds is 3. The number of ether oxygens (including phenoxy) is 2. The Morgan fingerprint density at radius 3 is 2.41 bits per heavy atom. The maximum atomic E-state index is 11.7. The molecule has 5 nitrogen and oxygen atoms in total. The second-order valence-corrected chi connectivity index (χ2v) is 4.14. The molecule has 2 rings (SSSR count). The predicted molar refractivity (Wildman–Crippen MR) is 59.6 cm³/mol. The quantitative estimate of drug-likeness (QED) is 0.738. The van der Waals surface area contributed by atoms with Crippen LogP contribution in [-0.4, -0.2) is 26.2 Å². The van der Waals surface area contributed by atoms with Crippen LogP contribution in [-0.2, 0) is 19.1 Å². The molecule has 1 fully saturated rings. The molecular weight excluding hydrogens is 222 g/mol. The molecule has 1 N–H and O–H groups in total. The zero-order chi connectivity index (χ0) is 12.4. The van der Waals surface area contributed by atoms with E-state index in [0.717, 1.165) is 18.5 Å². The molecule has 0 bridgehead atoms. The number of carbonyl (C=O) groups excluding carboxylic acids is 2. The van der Waals surface area contributed by atoms with Gasteiger partial charge in [0.25, 0.3) is 0 Å². The van der Waals surface area contributed by atoms with E-state index in [1.807, 2.05) is 0 Å². The van der Waals surface area contributed by atoms with Crippen molar-refractivity contribution in [2.45, 2.75) is 19.3 Å². The third kappa shape index (κ3) is 2.33. The maximum Gasteiger partial charge on any atom is 0.335 e. The lowest BCUT2D eigenvalue weighted by Gasteiger charge is -2.19. The van der Waals surface area contributed by atoms with Crippen LogP contribution in [0.25, 0.3) is 0 Å². The second kappa shape index (κ2) is 4.61. The van der Waals surface area contributed by atoms with Gasteiger partial charge in [-0.1, -0.05) is 0 Å². The Morgan fingerprint density at radius 1 is 1.24 bits per heavy atom. The molecular formula is C12H15NO4. The van der Waals surface area contributed by atoms with Crippen molar-refractivity contribution in [1.82, 2.24) is 5.32 Å². The van der Waals surface area contributed by atoms with Crippen LogP contribution in [0.2, 0.25) is 0 Å². The van der Waals surface area contributed by atoms with Crippen molar-refractivity contribution in [3.8, 4) is 0 Å². The minimum atomic E-state index is -0.422. The number of hydrogen-bond acceptors (Lipinski definition) is 5. The number of nitrogens with one attached hydrogen (secondary N) is 1. The van der Waals surface area contributed by atoms with Gasteiger partial charge in [0.2, 0.25) is 0 Å². The van der Waals surface area contributed by atoms with Gasteiger partial charge in [0.15, 0.2) is 0 Å².